The van der Waals surface area contributed by atoms with Crippen molar-refractivity contribution in [3.8, 4) is 0 Å². The normalized spacial score (nSPS) is 13.2. The fourth-order valence-electron chi connectivity index (χ4n) is 0.961. The minimum Gasteiger partial charge on any atom is -0.375 e. The molecule has 0 aliphatic heterocycles. The van der Waals surface area contributed by atoms with Gasteiger partial charge >= 0.3 is 0 Å². The number of nitrogens with one attached hydrogen (secondary N) is 1. The molecule has 3 N–H and O–H groups in total. The Hall–Kier alpha value is -0.640. The summed E-state index contributed by atoms with van der Waals surface area (Å²) < 4.78 is 0. The van der Waals surface area contributed by atoms with Crippen molar-refractivity contribution in [2.75, 3.05) is 0 Å². The zero-order chi connectivity index (χ0) is 9.40. The summed E-state index contributed by atoms with van der Waals surface area (Å²) >= 11 is 4.60. The van der Waals surface area contributed by atoms with E-state index >= 15 is 0 Å². The van der Waals surface area contributed by atoms with Gasteiger partial charge in [0.05, 0.1) is 0 Å². The van der Waals surface area contributed by atoms with Gasteiger partial charge in [0.15, 0.2) is 5.11 Å². The second-order valence-electron chi connectivity index (χ2n) is 2.71. The van der Waals surface area contributed by atoms with Crippen LogP contribution in [0.1, 0.15) is 33.1 Å². The summed E-state index contributed by atoms with van der Waals surface area (Å²) in [5.74, 6) is 0.539. The molecular weight excluding hydrogens is 170 g/mol. The monoisotopic (exact) mass is 187 g/mol. The molecule has 0 amide bonds. The van der Waals surface area contributed by atoms with E-state index in [1.165, 1.54) is 12.8 Å². The van der Waals surface area contributed by atoms with E-state index in [4.69, 9.17) is 5.73 Å². The van der Waals surface area contributed by atoms with Gasteiger partial charge in [0.1, 0.15) is 0 Å². The first-order chi connectivity index (χ1) is 5.70. The lowest BCUT2D eigenvalue weighted by molar-refractivity contribution is 0.602. The van der Waals surface area contributed by atoms with E-state index in [1.54, 1.807) is 0 Å². The van der Waals surface area contributed by atoms with Crippen molar-refractivity contribution in [2.24, 2.45) is 16.8 Å². The lowest BCUT2D eigenvalue weighted by Gasteiger charge is -2.05. The molecule has 0 saturated heterocycles. The summed E-state index contributed by atoms with van der Waals surface area (Å²) in [5, 5.41) is 4.14. The van der Waals surface area contributed by atoms with Crippen LogP contribution in [0.25, 0.3) is 0 Å². The SMILES string of the molecule is CCCC(C=NNC(N)=S)CC. The van der Waals surface area contributed by atoms with Crippen LogP contribution < -0.4 is 11.2 Å². The Kier molecular flexibility index (Phi) is 6.66. The zero-order valence-electron chi connectivity index (χ0n) is 7.71. The van der Waals surface area contributed by atoms with Crippen LogP contribution in [-0.4, -0.2) is 11.3 Å². The van der Waals surface area contributed by atoms with E-state index in [0.717, 1.165) is 6.42 Å². The molecule has 3 nitrogen and oxygen atoms in total. The maximum atomic E-state index is 5.20. The second kappa shape index (κ2) is 7.03. The van der Waals surface area contributed by atoms with Crippen molar-refractivity contribution >= 4 is 23.5 Å². The van der Waals surface area contributed by atoms with Crippen molar-refractivity contribution < 1.29 is 0 Å². The van der Waals surface area contributed by atoms with Crippen molar-refractivity contribution in [3.63, 3.8) is 0 Å². The molecular formula is C8H17N3S. The van der Waals surface area contributed by atoms with E-state index in [1.807, 2.05) is 6.21 Å². The Balaban J connectivity index is 3.68. The average Bonchev–Trinajstić information content (AvgIpc) is 2.02. The highest BCUT2D eigenvalue weighted by Gasteiger charge is 1.99. The number of nitrogens with two attached hydrogens (primary N) is 1. The van der Waals surface area contributed by atoms with Gasteiger partial charge in [-0.15, -0.1) is 0 Å². The summed E-state index contributed by atoms with van der Waals surface area (Å²) in [6.07, 6.45) is 5.33. The third-order valence-corrected chi connectivity index (χ3v) is 1.74. The van der Waals surface area contributed by atoms with Crippen molar-refractivity contribution in [1.29, 1.82) is 0 Å². The lowest BCUT2D eigenvalue weighted by atomic mass is 10.0. The molecule has 0 saturated carbocycles. The molecule has 0 bridgehead atoms. The Morgan fingerprint density at radius 1 is 1.67 bits per heavy atom. The van der Waals surface area contributed by atoms with Crippen molar-refractivity contribution in [2.45, 2.75) is 33.1 Å². The first-order valence-corrected chi connectivity index (χ1v) is 4.70. The van der Waals surface area contributed by atoms with Gasteiger partial charge in [-0.3, -0.25) is 5.43 Å². The summed E-state index contributed by atoms with van der Waals surface area (Å²) in [7, 11) is 0. The number of rotatable bonds is 5. The van der Waals surface area contributed by atoms with Crippen molar-refractivity contribution in [3.05, 3.63) is 0 Å². The van der Waals surface area contributed by atoms with E-state index in [9.17, 15) is 0 Å². The van der Waals surface area contributed by atoms with Crippen LogP contribution in [0.3, 0.4) is 0 Å². The molecule has 0 aliphatic carbocycles. The van der Waals surface area contributed by atoms with Crippen LogP contribution in [0.5, 0.6) is 0 Å². The molecule has 0 rings (SSSR count). The predicted molar refractivity (Wildman–Crippen MR) is 57.1 cm³/mol. The molecule has 1 atom stereocenters. The molecule has 0 aromatic carbocycles. The molecule has 12 heavy (non-hydrogen) atoms. The molecule has 4 heteroatoms. The van der Waals surface area contributed by atoms with Crippen LogP contribution in [-0.2, 0) is 0 Å². The minimum atomic E-state index is 0.220. The van der Waals surface area contributed by atoms with Gasteiger partial charge in [0, 0.05) is 6.21 Å². The maximum absolute atomic E-state index is 5.20. The van der Waals surface area contributed by atoms with E-state index in [2.05, 4.69) is 36.6 Å². The molecule has 0 aromatic rings. The number of hydrazone groups is 1. The first kappa shape index (κ1) is 11.4. The third kappa shape index (κ3) is 6.09. The Bertz CT molecular complexity index is 156. The molecule has 70 valence electrons. The lowest BCUT2D eigenvalue weighted by Crippen LogP contribution is -2.24. The van der Waals surface area contributed by atoms with E-state index < -0.39 is 0 Å². The Morgan fingerprint density at radius 3 is 2.75 bits per heavy atom. The standard InChI is InChI=1S/C8H17N3S/c1-3-5-7(4-2)6-10-11-8(9)12/h6-7H,3-5H2,1-2H3,(H3,9,11,12). The van der Waals surface area contributed by atoms with Gasteiger partial charge in [-0.2, -0.15) is 5.10 Å². The Labute approximate surface area is 79.4 Å². The largest absolute Gasteiger partial charge is 0.375 e. The molecule has 0 aromatic heterocycles. The van der Waals surface area contributed by atoms with Gasteiger partial charge in [0.25, 0.3) is 0 Å². The predicted octanol–water partition coefficient (Wildman–Crippen LogP) is 1.63. The van der Waals surface area contributed by atoms with Gasteiger partial charge < -0.3 is 5.73 Å². The summed E-state index contributed by atoms with van der Waals surface area (Å²) in [6, 6.07) is 0. The number of hydrogen-bond donors (Lipinski definition) is 2. The number of thiocarbonyl (C=S) groups is 1. The molecule has 0 radical (unpaired) electrons. The summed E-state index contributed by atoms with van der Waals surface area (Å²) in [6.45, 7) is 4.31. The third-order valence-electron chi connectivity index (χ3n) is 1.64. The molecule has 0 heterocycles. The van der Waals surface area contributed by atoms with Gasteiger partial charge in [-0.05, 0) is 31.0 Å². The highest BCUT2D eigenvalue weighted by molar-refractivity contribution is 7.80. The molecule has 1 unspecified atom stereocenters. The zero-order valence-corrected chi connectivity index (χ0v) is 8.53. The van der Waals surface area contributed by atoms with Gasteiger partial charge in [0.2, 0.25) is 0 Å². The summed E-state index contributed by atoms with van der Waals surface area (Å²) in [4.78, 5) is 0. The van der Waals surface area contributed by atoms with Crippen LogP contribution in [0.2, 0.25) is 0 Å². The van der Waals surface area contributed by atoms with Crippen LogP contribution >= 0.6 is 12.2 Å². The van der Waals surface area contributed by atoms with Gasteiger partial charge in [-0.25, -0.2) is 0 Å². The second-order valence-corrected chi connectivity index (χ2v) is 3.15. The smallest absolute Gasteiger partial charge is 0.184 e. The summed E-state index contributed by atoms with van der Waals surface area (Å²) in [5.41, 5.74) is 7.75. The fourth-order valence-corrected chi connectivity index (χ4v) is 1.01. The molecule has 0 spiro atoms. The van der Waals surface area contributed by atoms with E-state index in [0.29, 0.717) is 5.92 Å². The fraction of sp³-hybridized carbons (Fsp3) is 0.750. The highest BCUT2D eigenvalue weighted by atomic mass is 32.1. The molecule has 0 fully saturated rings. The molecule has 0 aliphatic rings. The maximum Gasteiger partial charge on any atom is 0.184 e. The Morgan fingerprint density at radius 2 is 2.33 bits per heavy atom. The van der Waals surface area contributed by atoms with Crippen molar-refractivity contribution in [1.82, 2.24) is 5.43 Å². The van der Waals surface area contributed by atoms with Crippen LogP contribution in [0, 0.1) is 5.92 Å². The highest BCUT2D eigenvalue weighted by Crippen LogP contribution is 2.06. The van der Waals surface area contributed by atoms with Crippen LogP contribution in [0.4, 0.5) is 0 Å². The average molecular weight is 187 g/mol. The number of hydrogen-bond acceptors (Lipinski definition) is 2. The van der Waals surface area contributed by atoms with Gasteiger partial charge in [-0.1, -0.05) is 20.3 Å². The quantitative estimate of drug-likeness (QED) is 0.391. The van der Waals surface area contributed by atoms with Crippen LogP contribution in [0.15, 0.2) is 5.10 Å². The minimum absolute atomic E-state index is 0.220. The number of nitrogens with zero attached hydrogens (tertiary/aromatic N) is 1. The topological polar surface area (TPSA) is 50.4 Å². The van der Waals surface area contributed by atoms with E-state index in [-0.39, 0.29) is 5.11 Å². The first-order valence-electron chi connectivity index (χ1n) is 4.29.